The standard InChI is InChI=1S/C9H15N3O3/c13-6-2-7(10-4-6)9(15)12-5-1-8(14)11-3-5/h5-7,10,13H,1-4H2,(H,11,14)(H,12,15). The van der Waals surface area contributed by atoms with Crippen molar-refractivity contribution in [2.75, 3.05) is 13.1 Å². The summed E-state index contributed by atoms with van der Waals surface area (Å²) < 4.78 is 0. The molecule has 2 rings (SSSR count). The molecule has 0 radical (unpaired) electrons. The summed E-state index contributed by atoms with van der Waals surface area (Å²) in [7, 11) is 0. The van der Waals surface area contributed by atoms with Gasteiger partial charge in [0, 0.05) is 19.5 Å². The highest BCUT2D eigenvalue weighted by Gasteiger charge is 2.31. The van der Waals surface area contributed by atoms with E-state index in [0.29, 0.717) is 25.9 Å². The SMILES string of the molecule is O=C1CC(NC(=O)C2CC(O)CN2)CN1. The Bertz CT molecular complexity index is 282. The van der Waals surface area contributed by atoms with E-state index in [2.05, 4.69) is 16.0 Å². The van der Waals surface area contributed by atoms with Crippen molar-refractivity contribution in [3.63, 3.8) is 0 Å². The number of rotatable bonds is 2. The molecule has 0 aromatic heterocycles. The molecule has 0 bridgehead atoms. The van der Waals surface area contributed by atoms with Gasteiger partial charge in [-0.15, -0.1) is 0 Å². The zero-order valence-corrected chi connectivity index (χ0v) is 8.32. The molecule has 2 heterocycles. The van der Waals surface area contributed by atoms with Crippen LogP contribution in [0.3, 0.4) is 0 Å². The van der Waals surface area contributed by atoms with E-state index in [0.717, 1.165) is 0 Å². The number of β-amino-alcohol motifs (C(OH)–C–C–N with tert-alkyl or cyclic N) is 1. The lowest BCUT2D eigenvalue weighted by Gasteiger charge is -2.14. The molecule has 15 heavy (non-hydrogen) atoms. The summed E-state index contributed by atoms with van der Waals surface area (Å²) in [6.45, 7) is 0.958. The van der Waals surface area contributed by atoms with Crippen molar-refractivity contribution in [1.82, 2.24) is 16.0 Å². The molecule has 2 amide bonds. The van der Waals surface area contributed by atoms with Gasteiger partial charge in [0.1, 0.15) is 0 Å². The second-order valence-electron chi connectivity index (χ2n) is 4.06. The Morgan fingerprint density at radius 1 is 1.47 bits per heavy atom. The van der Waals surface area contributed by atoms with Gasteiger partial charge in [0.15, 0.2) is 0 Å². The molecule has 0 saturated carbocycles. The summed E-state index contributed by atoms with van der Waals surface area (Å²) in [5.74, 6) is -0.159. The van der Waals surface area contributed by atoms with E-state index in [1.54, 1.807) is 0 Å². The highest BCUT2D eigenvalue weighted by Crippen LogP contribution is 2.07. The van der Waals surface area contributed by atoms with Gasteiger partial charge in [-0.05, 0) is 6.42 Å². The van der Waals surface area contributed by atoms with E-state index in [4.69, 9.17) is 0 Å². The Kier molecular flexibility index (Phi) is 2.88. The van der Waals surface area contributed by atoms with Gasteiger partial charge in [-0.3, -0.25) is 9.59 Å². The predicted molar refractivity (Wildman–Crippen MR) is 52.0 cm³/mol. The molecule has 2 aliphatic heterocycles. The van der Waals surface area contributed by atoms with Crippen LogP contribution < -0.4 is 16.0 Å². The van der Waals surface area contributed by atoms with Crippen molar-refractivity contribution in [1.29, 1.82) is 0 Å². The van der Waals surface area contributed by atoms with E-state index < -0.39 is 6.10 Å². The van der Waals surface area contributed by atoms with Crippen molar-refractivity contribution in [3.8, 4) is 0 Å². The zero-order valence-electron chi connectivity index (χ0n) is 8.32. The van der Waals surface area contributed by atoms with E-state index >= 15 is 0 Å². The van der Waals surface area contributed by atoms with Crippen LogP contribution in [0.5, 0.6) is 0 Å². The number of carbonyl (C=O) groups is 2. The quantitative estimate of drug-likeness (QED) is 0.416. The monoisotopic (exact) mass is 213 g/mol. The first-order valence-corrected chi connectivity index (χ1v) is 5.13. The molecule has 84 valence electrons. The number of amides is 2. The van der Waals surface area contributed by atoms with Gasteiger partial charge in [0.05, 0.1) is 18.2 Å². The Labute approximate surface area is 87.4 Å². The normalized spacial score (nSPS) is 35.3. The minimum absolute atomic E-state index is 0.0280. The molecular weight excluding hydrogens is 198 g/mol. The third-order valence-electron chi connectivity index (χ3n) is 2.75. The fourth-order valence-electron chi connectivity index (χ4n) is 1.93. The van der Waals surface area contributed by atoms with Crippen LogP contribution in [0.4, 0.5) is 0 Å². The molecule has 2 aliphatic rings. The fraction of sp³-hybridized carbons (Fsp3) is 0.778. The van der Waals surface area contributed by atoms with Gasteiger partial charge >= 0.3 is 0 Å². The van der Waals surface area contributed by atoms with E-state index in [-0.39, 0.29) is 23.9 Å². The second kappa shape index (κ2) is 4.16. The predicted octanol–water partition coefficient (Wildman–Crippen LogP) is -2.29. The number of hydrogen-bond donors (Lipinski definition) is 4. The van der Waals surface area contributed by atoms with Gasteiger partial charge in [-0.2, -0.15) is 0 Å². The molecule has 0 aliphatic carbocycles. The summed E-state index contributed by atoms with van der Waals surface area (Å²) in [5.41, 5.74) is 0. The largest absolute Gasteiger partial charge is 0.392 e. The average molecular weight is 213 g/mol. The molecule has 0 aromatic rings. The molecule has 2 fully saturated rings. The van der Waals surface area contributed by atoms with Gasteiger partial charge < -0.3 is 21.1 Å². The third kappa shape index (κ3) is 2.45. The van der Waals surface area contributed by atoms with Crippen LogP contribution in [0.15, 0.2) is 0 Å². The highest BCUT2D eigenvalue weighted by molar-refractivity contribution is 5.85. The summed E-state index contributed by atoms with van der Waals surface area (Å²) in [6.07, 6.45) is 0.352. The third-order valence-corrected chi connectivity index (χ3v) is 2.75. The number of hydrogen-bond acceptors (Lipinski definition) is 4. The Balaban J connectivity index is 1.79. The van der Waals surface area contributed by atoms with Crippen LogP contribution in [0.1, 0.15) is 12.8 Å². The fourth-order valence-corrected chi connectivity index (χ4v) is 1.93. The van der Waals surface area contributed by atoms with Crippen LogP contribution in [-0.2, 0) is 9.59 Å². The maximum atomic E-state index is 11.6. The molecule has 6 nitrogen and oxygen atoms in total. The lowest BCUT2D eigenvalue weighted by Crippen LogP contribution is -2.45. The van der Waals surface area contributed by atoms with Gasteiger partial charge in [-0.25, -0.2) is 0 Å². The Hall–Kier alpha value is -1.14. The highest BCUT2D eigenvalue weighted by atomic mass is 16.3. The molecule has 0 aromatic carbocycles. The molecule has 0 spiro atoms. The molecule has 6 heteroatoms. The molecule has 4 N–H and O–H groups in total. The Morgan fingerprint density at radius 2 is 2.27 bits per heavy atom. The maximum absolute atomic E-state index is 11.6. The van der Waals surface area contributed by atoms with Gasteiger partial charge in [-0.1, -0.05) is 0 Å². The molecular formula is C9H15N3O3. The first-order valence-electron chi connectivity index (χ1n) is 5.13. The summed E-state index contributed by atoms with van der Waals surface area (Å²) in [5, 5.41) is 17.6. The lowest BCUT2D eigenvalue weighted by molar-refractivity contribution is -0.123. The summed E-state index contributed by atoms with van der Waals surface area (Å²) in [6, 6.07) is -0.430. The first-order chi connectivity index (χ1) is 7.15. The number of aliphatic hydroxyl groups is 1. The van der Waals surface area contributed by atoms with Crippen LogP contribution in [0.2, 0.25) is 0 Å². The second-order valence-corrected chi connectivity index (χ2v) is 4.06. The molecule has 3 unspecified atom stereocenters. The van der Waals surface area contributed by atoms with Crippen molar-refractivity contribution >= 4 is 11.8 Å². The van der Waals surface area contributed by atoms with Crippen LogP contribution >= 0.6 is 0 Å². The first kappa shape index (κ1) is 10.4. The van der Waals surface area contributed by atoms with Crippen LogP contribution in [0.25, 0.3) is 0 Å². The summed E-state index contributed by atoms with van der Waals surface area (Å²) in [4.78, 5) is 22.5. The molecule has 2 saturated heterocycles. The lowest BCUT2D eigenvalue weighted by atomic mass is 10.1. The van der Waals surface area contributed by atoms with Crippen molar-refractivity contribution in [2.24, 2.45) is 0 Å². The Morgan fingerprint density at radius 3 is 2.80 bits per heavy atom. The minimum atomic E-state index is -0.441. The van der Waals surface area contributed by atoms with E-state index in [9.17, 15) is 14.7 Å². The van der Waals surface area contributed by atoms with Crippen LogP contribution in [-0.4, -0.2) is 48.2 Å². The van der Waals surface area contributed by atoms with E-state index in [1.807, 2.05) is 0 Å². The van der Waals surface area contributed by atoms with Gasteiger partial charge in [0.25, 0.3) is 0 Å². The molecule has 3 atom stereocenters. The topological polar surface area (TPSA) is 90.5 Å². The maximum Gasteiger partial charge on any atom is 0.237 e. The number of nitrogens with one attached hydrogen (secondary N) is 3. The minimum Gasteiger partial charge on any atom is -0.392 e. The van der Waals surface area contributed by atoms with Crippen molar-refractivity contribution in [3.05, 3.63) is 0 Å². The summed E-state index contributed by atoms with van der Waals surface area (Å²) >= 11 is 0. The number of carbonyl (C=O) groups excluding carboxylic acids is 2. The van der Waals surface area contributed by atoms with Crippen LogP contribution in [0, 0.1) is 0 Å². The van der Waals surface area contributed by atoms with Crippen molar-refractivity contribution in [2.45, 2.75) is 31.0 Å². The number of aliphatic hydroxyl groups excluding tert-OH is 1. The smallest absolute Gasteiger partial charge is 0.237 e. The van der Waals surface area contributed by atoms with E-state index in [1.165, 1.54) is 0 Å². The zero-order chi connectivity index (χ0) is 10.8. The average Bonchev–Trinajstić information content (AvgIpc) is 2.75. The van der Waals surface area contributed by atoms with Gasteiger partial charge in [0.2, 0.25) is 11.8 Å². The van der Waals surface area contributed by atoms with Crippen molar-refractivity contribution < 1.29 is 14.7 Å².